The van der Waals surface area contributed by atoms with Crippen molar-refractivity contribution >= 4 is 0 Å². The summed E-state index contributed by atoms with van der Waals surface area (Å²) < 4.78 is 13.2. The van der Waals surface area contributed by atoms with Crippen LogP contribution in [-0.2, 0) is 25.7 Å². The summed E-state index contributed by atoms with van der Waals surface area (Å²) in [6.45, 7) is 2.12. The SMILES string of the molecule is CC=CC1CCc2c(ccc3c2CCC(c2ccc(F)cc2)C3)C1. The monoisotopic (exact) mass is 320 g/mol. The van der Waals surface area contributed by atoms with Gasteiger partial charge in [0.05, 0.1) is 0 Å². The Kier molecular flexibility index (Phi) is 4.26. The molecule has 2 aromatic carbocycles. The number of rotatable bonds is 2. The van der Waals surface area contributed by atoms with Crippen molar-refractivity contribution in [3.8, 4) is 0 Å². The minimum Gasteiger partial charge on any atom is -0.207 e. The zero-order valence-corrected chi connectivity index (χ0v) is 14.4. The third kappa shape index (κ3) is 2.92. The summed E-state index contributed by atoms with van der Waals surface area (Å²) in [5.41, 5.74) is 7.66. The normalized spacial score (nSPS) is 23.1. The van der Waals surface area contributed by atoms with Crippen LogP contribution in [0.2, 0.25) is 0 Å². The second-order valence-corrected chi connectivity index (χ2v) is 7.36. The fourth-order valence-electron chi connectivity index (χ4n) is 4.65. The van der Waals surface area contributed by atoms with Crippen LogP contribution < -0.4 is 0 Å². The van der Waals surface area contributed by atoms with Gasteiger partial charge < -0.3 is 0 Å². The van der Waals surface area contributed by atoms with Crippen LogP contribution in [0.5, 0.6) is 0 Å². The molecule has 0 saturated carbocycles. The maximum absolute atomic E-state index is 13.2. The lowest BCUT2D eigenvalue weighted by Crippen LogP contribution is -2.20. The molecule has 0 aliphatic heterocycles. The first-order valence-corrected chi connectivity index (χ1v) is 9.25. The molecule has 2 atom stereocenters. The molecule has 0 spiro atoms. The first-order chi connectivity index (χ1) is 11.7. The van der Waals surface area contributed by atoms with Gasteiger partial charge in [-0.1, -0.05) is 36.4 Å². The molecule has 2 aromatic rings. The molecule has 0 fully saturated rings. The van der Waals surface area contributed by atoms with E-state index >= 15 is 0 Å². The Morgan fingerprint density at radius 2 is 1.54 bits per heavy atom. The van der Waals surface area contributed by atoms with Crippen LogP contribution in [0.15, 0.2) is 48.6 Å². The number of benzene rings is 2. The van der Waals surface area contributed by atoms with Gasteiger partial charge >= 0.3 is 0 Å². The summed E-state index contributed by atoms with van der Waals surface area (Å²) >= 11 is 0. The summed E-state index contributed by atoms with van der Waals surface area (Å²) in [6.07, 6.45) is 11.8. The van der Waals surface area contributed by atoms with Gasteiger partial charge in [-0.15, -0.1) is 0 Å². The van der Waals surface area contributed by atoms with E-state index in [0.29, 0.717) is 5.92 Å². The molecular formula is C23H25F. The van der Waals surface area contributed by atoms with E-state index in [2.05, 4.69) is 31.2 Å². The van der Waals surface area contributed by atoms with E-state index in [0.717, 1.165) is 12.3 Å². The zero-order chi connectivity index (χ0) is 16.5. The Labute approximate surface area is 144 Å². The predicted molar refractivity (Wildman–Crippen MR) is 97.9 cm³/mol. The fraction of sp³-hybridized carbons (Fsp3) is 0.391. The first kappa shape index (κ1) is 15.6. The van der Waals surface area contributed by atoms with Gasteiger partial charge in [0.25, 0.3) is 0 Å². The molecule has 0 N–H and O–H groups in total. The number of hydrogen-bond acceptors (Lipinski definition) is 0. The molecule has 24 heavy (non-hydrogen) atoms. The highest BCUT2D eigenvalue weighted by Gasteiger charge is 2.26. The van der Waals surface area contributed by atoms with Crippen molar-refractivity contribution in [3.63, 3.8) is 0 Å². The average molecular weight is 320 g/mol. The summed E-state index contributed by atoms with van der Waals surface area (Å²) in [4.78, 5) is 0. The minimum absolute atomic E-state index is 0.139. The van der Waals surface area contributed by atoms with Crippen molar-refractivity contribution in [3.05, 3.63) is 82.2 Å². The van der Waals surface area contributed by atoms with E-state index in [-0.39, 0.29) is 5.82 Å². The minimum atomic E-state index is -0.139. The Morgan fingerprint density at radius 3 is 2.25 bits per heavy atom. The maximum atomic E-state index is 13.2. The average Bonchev–Trinajstić information content (AvgIpc) is 2.62. The van der Waals surface area contributed by atoms with Crippen molar-refractivity contribution in [1.82, 2.24) is 0 Å². The third-order valence-corrected chi connectivity index (χ3v) is 5.89. The van der Waals surface area contributed by atoms with Crippen molar-refractivity contribution in [2.24, 2.45) is 5.92 Å². The lowest BCUT2D eigenvalue weighted by atomic mass is 9.74. The van der Waals surface area contributed by atoms with Crippen molar-refractivity contribution in [1.29, 1.82) is 0 Å². The molecule has 1 heteroatoms. The largest absolute Gasteiger partial charge is 0.207 e. The molecule has 0 heterocycles. The van der Waals surface area contributed by atoms with Crippen molar-refractivity contribution in [2.45, 2.75) is 51.4 Å². The molecule has 2 aliphatic carbocycles. The third-order valence-electron chi connectivity index (χ3n) is 5.89. The number of allylic oxidation sites excluding steroid dienone is 2. The smallest absolute Gasteiger partial charge is 0.123 e. The van der Waals surface area contributed by atoms with Crippen LogP contribution in [0.3, 0.4) is 0 Å². The highest BCUT2D eigenvalue weighted by molar-refractivity contribution is 5.45. The Bertz CT molecular complexity index is 754. The molecule has 0 amide bonds. The first-order valence-electron chi connectivity index (χ1n) is 9.25. The van der Waals surface area contributed by atoms with Gasteiger partial charge in [0, 0.05) is 0 Å². The summed E-state index contributed by atoms with van der Waals surface area (Å²) in [5, 5.41) is 0. The van der Waals surface area contributed by atoms with E-state index < -0.39 is 0 Å². The highest BCUT2D eigenvalue weighted by atomic mass is 19.1. The maximum Gasteiger partial charge on any atom is 0.123 e. The van der Waals surface area contributed by atoms with Crippen molar-refractivity contribution in [2.75, 3.05) is 0 Å². The van der Waals surface area contributed by atoms with Crippen molar-refractivity contribution < 1.29 is 4.39 Å². The molecule has 0 aromatic heterocycles. The fourth-order valence-corrected chi connectivity index (χ4v) is 4.65. The number of fused-ring (bicyclic) bond motifs is 3. The van der Waals surface area contributed by atoms with Gasteiger partial charge in [-0.2, -0.15) is 0 Å². The van der Waals surface area contributed by atoms with Gasteiger partial charge in [0.2, 0.25) is 0 Å². The number of hydrogen-bond donors (Lipinski definition) is 0. The van der Waals surface area contributed by atoms with Crippen LogP contribution in [0.4, 0.5) is 4.39 Å². The Morgan fingerprint density at radius 1 is 0.875 bits per heavy atom. The van der Waals surface area contributed by atoms with E-state index in [1.54, 1.807) is 28.8 Å². The standard InChI is InChI=1S/C23H25F/c1-2-3-16-4-12-22-19(14-16)5-6-20-15-18(9-13-23(20)22)17-7-10-21(24)11-8-17/h2-3,5-8,10-11,16,18H,4,9,12-15H2,1H3. The molecule has 4 rings (SSSR count). The topological polar surface area (TPSA) is 0 Å². The van der Waals surface area contributed by atoms with E-state index in [4.69, 9.17) is 0 Å². The van der Waals surface area contributed by atoms with Gasteiger partial charge in [-0.25, -0.2) is 4.39 Å². The zero-order valence-electron chi connectivity index (χ0n) is 14.4. The molecule has 2 aliphatic rings. The second kappa shape index (κ2) is 6.55. The lowest BCUT2D eigenvalue weighted by molar-refractivity contribution is 0.533. The highest BCUT2D eigenvalue weighted by Crippen LogP contribution is 2.38. The van der Waals surface area contributed by atoms with Crippen LogP contribution >= 0.6 is 0 Å². The molecule has 2 unspecified atom stereocenters. The molecule has 124 valence electrons. The van der Waals surface area contributed by atoms with Crippen LogP contribution in [-0.4, -0.2) is 0 Å². The summed E-state index contributed by atoms with van der Waals surface area (Å²) in [7, 11) is 0. The van der Waals surface area contributed by atoms with Gasteiger partial charge in [0.15, 0.2) is 0 Å². The summed E-state index contributed by atoms with van der Waals surface area (Å²) in [5.74, 6) is 1.12. The molecule has 0 radical (unpaired) electrons. The summed E-state index contributed by atoms with van der Waals surface area (Å²) in [6, 6.07) is 11.9. The second-order valence-electron chi connectivity index (χ2n) is 7.36. The number of halogens is 1. The van der Waals surface area contributed by atoms with Crippen LogP contribution in [0.25, 0.3) is 0 Å². The van der Waals surface area contributed by atoms with Gasteiger partial charge in [0.1, 0.15) is 5.82 Å². The van der Waals surface area contributed by atoms with Crippen LogP contribution in [0, 0.1) is 11.7 Å². The van der Waals surface area contributed by atoms with E-state index in [1.165, 1.54) is 43.2 Å². The molecule has 0 nitrogen and oxygen atoms in total. The Balaban J connectivity index is 1.59. The van der Waals surface area contributed by atoms with E-state index in [1.807, 2.05) is 12.1 Å². The lowest BCUT2D eigenvalue weighted by Gasteiger charge is -2.31. The molecule has 0 saturated heterocycles. The van der Waals surface area contributed by atoms with E-state index in [9.17, 15) is 4.39 Å². The Hall–Kier alpha value is -1.89. The quantitative estimate of drug-likeness (QED) is 0.615. The van der Waals surface area contributed by atoms with Gasteiger partial charge in [-0.05, 0) is 97.2 Å². The molecular weight excluding hydrogens is 295 g/mol. The predicted octanol–water partition coefficient (Wildman–Crippen LogP) is 5.78. The molecule has 0 bridgehead atoms. The van der Waals surface area contributed by atoms with Gasteiger partial charge in [-0.3, -0.25) is 0 Å². The van der Waals surface area contributed by atoms with Crippen LogP contribution in [0.1, 0.15) is 53.5 Å².